The maximum atomic E-state index is 12.5. The van der Waals surface area contributed by atoms with E-state index in [4.69, 9.17) is 9.05 Å². The molecule has 2 atom stereocenters. The predicted molar refractivity (Wildman–Crippen MR) is 60.2 cm³/mol. The first-order valence-electron chi connectivity index (χ1n) is 5.53. The van der Waals surface area contributed by atoms with Crippen molar-refractivity contribution in [2.45, 2.75) is 47.9 Å². The molecule has 2 unspecified atom stereocenters. The summed E-state index contributed by atoms with van der Waals surface area (Å²) in [4.78, 5) is 0. The first kappa shape index (κ1) is 15.1. The van der Waals surface area contributed by atoms with Crippen LogP contribution in [0.25, 0.3) is 0 Å². The Morgan fingerprint density at radius 2 is 1.94 bits per heavy atom. The molecule has 0 aromatic carbocycles. The third-order valence-corrected chi connectivity index (χ3v) is 7.87. The van der Waals surface area contributed by atoms with E-state index < -0.39 is 12.9 Å². The summed E-state index contributed by atoms with van der Waals surface area (Å²) in [6.45, 7) is 6.48. The monoisotopic (exact) mass is 436 g/mol. The molecule has 1 saturated heterocycles. The second kappa shape index (κ2) is 4.97. The molecule has 6 heteroatoms. The Kier molecular flexibility index (Phi) is 4.69. The van der Waals surface area contributed by atoms with E-state index in [9.17, 15) is 4.57 Å². The molecule has 1 aliphatic heterocycles. The Morgan fingerprint density at radius 3 is 2.25 bits per heavy atom. The minimum atomic E-state index is -3.04. The van der Waals surface area contributed by atoms with E-state index in [0.717, 1.165) is 12.8 Å². The van der Waals surface area contributed by atoms with Gasteiger partial charge in [-0.15, -0.1) is 0 Å². The Balaban J connectivity index is 2.88. The zero-order chi connectivity index (χ0) is 12.6. The summed E-state index contributed by atoms with van der Waals surface area (Å²) in [5.74, 6) is 0. The van der Waals surface area contributed by atoms with Gasteiger partial charge in [-0.3, -0.25) is 0 Å². The Morgan fingerprint density at radius 1 is 1.44 bits per heavy atom. The zero-order valence-corrected chi connectivity index (χ0v) is 17.3. The van der Waals surface area contributed by atoms with Crippen LogP contribution in [0.5, 0.6) is 0 Å². The number of rotatable bonds is 4. The minimum absolute atomic E-state index is 0.351. The van der Waals surface area contributed by atoms with Gasteiger partial charge in [0.25, 0.3) is 0 Å². The van der Waals surface area contributed by atoms with Crippen molar-refractivity contribution < 1.29 is 39.7 Å². The van der Waals surface area contributed by atoms with Crippen molar-refractivity contribution in [1.82, 2.24) is 5.32 Å². The maximum absolute atomic E-state index is 12.5. The molecule has 4 nitrogen and oxygen atoms in total. The van der Waals surface area contributed by atoms with Crippen LogP contribution in [0.15, 0.2) is 0 Å². The van der Waals surface area contributed by atoms with Crippen LogP contribution in [0.3, 0.4) is 0 Å². The Hall–Kier alpha value is 1.05. The molecule has 0 aromatic rings. The van der Waals surface area contributed by atoms with Crippen molar-refractivity contribution >= 4 is 7.60 Å². The molecule has 0 amide bonds. The summed E-state index contributed by atoms with van der Waals surface area (Å²) in [5, 5.41) is 2.96. The van der Waals surface area contributed by atoms with Gasteiger partial charge in [0, 0.05) is 0 Å². The van der Waals surface area contributed by atoms with Gasteiger partial charge in [0.05, 0.1) is 0 Å². The van der Waals surface area contributed by atoms with Crippen LogP contribution in [-0.4, -0.2) is 25.5 Å². The average Bonchev–Trinajstić information content (AvgIpc) is 2.61. The van der Waals surface area contributed by atoms with Gasteiger partial charge >= 0.3 is 115 Å². The summed E-state index contributed by atoms with van der Waals surface area (Å²) >= 11 is 0.675. The van der Waals surface area contributed by atoms with Crippen molar-refractivity contribution in [3.05, 3.63) is 0 Å². The molecule has 1 N–H and O–H groups in total. The van der Waals surface area contributed by atoms with Crippen LogP contribution in [0, 0.1) is 0 Å². The second-order valence-corrected chi connectivity index (χ2v) is 15.2. The van der Waals surface area contributed by atoms with Crippen LogP contribution < -0.4 is 5.32 Å². The Bertz CT molecular complexity index is 297. The fourth-order valence-electron chi connectivity index (χ4n) is 2.22. The van der Waals surface area contributed by atoms with E-state index in [-0.39, 0.29) is 0 Å². The topological polar surface area (TPSA) is 47.6 Å². The van der Waals surface area contributed by atoms with Crippen molar-refractivity contribution in [2.24, 2.45) is 0 Å². The standard InChI is InChI=1S/C10H21NO3P.Hg/c1-8(2)9-6-7-10(3,11-9)15(12,13-4)14-5;/h9,11H,6-7H2,1-5H3;. The number of nitrogens with one attached hydrogen (secondary N) is 1. The summed E-state index contributed by atoms with van der Waals surface area (Å²) in [6.07, 6.45) is 1.89. The van der Waals surface area contributed by atoms with Crippen LogP contribution in [0.4, 0.5) is 0 Å². The Labute approximate surface area is 114 Å². The second-order valence-electron chi connectivity index (χ2n) is 5.36. The van der Waals surface area contributed by atoms with Gasteiger partial charge in [0.1, 0.15) is 0 Å². The molecule has 1 aliphatic rings. The van der Waals surface area contributed by atoms with Crippen molar-refractivity contribution in [1.29, 1.82) is 0 Å². The molecule has 0 bridgehead atoms. The van der Waals surface area contributed by atoms with Crippen molar-refractivity contribution in [2.75, 3.05) is 14.2 Å². The van der Waals surface area contributed by atoms with Crippen LogP contribution in [0.2, 0.25) is 2.92 Å². The van der Waals surface area contributed by atoms with Gasteiger partial charge in [0.15, 0.2) is 0 Å². The van der Waals surface area contributed by atoms with Gasteiger partial charge < -0.3 is 0 Å². The molecule has 0 radical (unpaired) electrons. The molecule has 0 saturated carbocycles. The van der Waals surface area contributed by atoms with Gasteiger partial charge in [0.2, 0.25) is 0 Å². The van der Waals surface area contributed by atoms with Crippen molar-refractivity contribution in [3.63, 3.8) is 0 Å². The van der Waals surface area contributed by atoms with Gasteiger partial charge in [-0.1, -0.05) is 0 Å². The summed E-state index contributed by atoms with van der Waals surface area (Å²) in [7, 11) is -0.121. The molecule has 91 valence electrons. The van der Waals surface area contributed by atoms with E-state index in [1.54, 1.807) is 0 Å². The molecular weight excluding hydrogens is 414 g/mol. The summed E-state index contributed by atoms with van der Waals surface area (Å²) in [6, 6.07) is 0.430. The van der Waals surface area contributed by atoms with E-state index in [2.05, 4.69) is 19.2 Å². The van der Waals surface area contributed by atoms with Crippen molar-refractivity contribution in [3.8, 4) is 0 Å². The van der Waals surface area contributed by atoms with E-state index in [0.29, 0.717) is 35.1 Å². The molecule has 0 aromatic heterocycles. The zero-order valence-electron chi connectivity index (χ0n) is 10.9. The molecular formula is C10H21HgNO3P. The normalized spacial score (nSPS) is 32.1. The van der Waals surface area contributed by atoms with E-state index >= 15 is 0 Å². The molecule has 1 fully saturated rings. The third kappa shape index (κ3) is 2.72. The number of hydrogen-bond acceptors (Lipinski definition) is 4. The molecule has 0 aliphatic carbocycles. The van der Waals surface area contributed by atoms with Crippen LogP contribution in [0.1, 0.15) is 33.6 Å². The fourth-order valence-corrected chi connectivity index (χ4v) is 5.09. The molecule has 1 rings (SSSR count). The SMILES string of the molecule is COP(=O)(OC)C1(C)CCC([C](C)(C)[Hg])N1. The summed E-state index contributed by atoms with van der Waals surface area (Å²) in [5.41, 5.74) is 0. The predicted octanol–water partition coefficient (Wildman–Crippen LogP) is 2.69. The van der Waals surface area contributed by atoms with Gasteiger partial charge in [-0.25, -0.2) is 0 Å². The molecule has 0 spiro atoms. The third-order valence-electron chi connectivity index (χ3n) is 3.43. The molecule has 1 heterocycles. The average molecular weight is 435 g/mol. The fraction of sp³-hybridized carbons (Fsp3) is 1.00. The number of hydrogen-bond donors (Lipinski definition) is 1. The first-order valence-corrected chi connectivity index (χ1v) is 9.82. The molecule has 16 heavy (non-hydrogen) atoms. The van der Waals surface area contributed by atoms with Crippen LogP contribution >= 0.6 is 7.60 Å². The quantitative estimate of drug-likeness (QED) is 0.546. The summed E-state index contributed by atoms with van der Waals surface area (Å²) < 4.78 is 23.1. The van der Waals surface area contributed by atoms with E-state index in [1.165, 1.54) is 14.2 Å². The van der Waals surface area contributed by atoms with Crippen LogP contribution in [-0.2, 0) is 39.7 Å². The van der Waals surface area contributed by atoms with E-state index in [1.807, 2.05) is 6.92 Å². The van der Waals surface area contributed by atoms with Gasteiger partial charge in [-0.2, -0.15) is 0 Å². The van der Waals surface area contributed by atoms with Gasteiger partial charge in [-0.05, 0) is 0 Å². The first-order chi connectivity index (χ1) is 7.18.